The maximum absolute atomic E-state index is 12.3. The van der Waals surface area contributed by atoms with Crippen molar-refractivity contribution in [2.45, 2.75) is 13.0 Å². The van der Waals surface area contributed by atoms with Crippen molar-refractivity contribution in [3.05, 3.63) is 58.7 Å². The lowest BCUT2D eigenvalue weighted by atomic mass is 10.1. The Morgan fingerprint density at radius 1 is 1.21 bits per heavy atom. The Bertz CT molecular complexity index is 1010. The number of hydrogen-bond acceptors (Lipinski definition) is 7. The van der Waals surface area contributed by atoms with Crippen LogP contribution in [0.15, 0.2) is 48.0 Å². The van der Waals surface area contributed by atoms with Crippen LogP contribution in [0, 0.1) is 0 Å². The summed E-state index contributed by atoms with van der Waals surface area (Å²) in [5, 5.41) is 4.85. The summed E-state index contributed by atoms with van der Waals surface area (Å²) in [6, 6.07) is 10.5. The Kier molecular flexibility index (Phi) is 6.23. The third kappa shape index (κ3) is 4.47. The molecular formula is C19H16ClN3O4S. The summed E-state index contributed by atoms with van der Waals surface area (Å²) in [5.41, 5.74) is 1.58. The maximum atomic E-state index is 12.3. The van der Waals surface area contributed by atoms with Gasteiger partial charge >= 0.3 is 5.97 Å². The summed E-state index contributed by atoms with van der Waals surface area (Å²) < 4.78 is 10.5. The number of nitrogens with one attached hydrogen (secondary N) is 1. The van der Waals surface area contributed by atoms with E-state index in [1.54, 1.807) is 18.6 Å². The number of carbonyl (C=O) groups is 2. The number of para-hydroxylation sites is 1. The molecule has 0 saturated carbocycles. The van der Waals surface area contributed by atoms with Gasteiger partial charge in [-0.05, 0) is 31.2 Å². The lowest BCUT2D eigenvalue weighted by molar-refractivity contribution is -0.123. The number of benzene rings is 1. The van der Waals surface area contributed by atoms with Crippen molar-refractivity contribution < 1.29 is 19.1 Å². The van der Waals surface area contributed by atoms with Crippen LogP contribution in [-0.4, -0.2) is 35.1 Å². The predicted molar refractivity (Wildman–Crippen MR) is 107 cm³/mol. The van der Waals surface area contributed by atoms with Gasteiger partial charge in [-0.1, -0.05) is 23.7 Å². The van der Waals surface area contributed by atoms with Crippen molar-refractivity contribution in [2.24, 2.45) is 0 Å². The average molecular weight is 418 g/mol. The molecule has 28 heavy (non-hydrogen) atoms. The Morgan fingerprint density at radius 3 is 2.75 bits per heavy atom. The fourth-order valence-corrected chi connectivity index (χ4v) is 3.24. The molecular weight excluding hydrogens is 402 g/mol. The molecule has 9 heteroatoms. The molecule has 0 radical (unpaired) electrons. The van der Waals surface area contributed by atoms with Crippen molar-refractivity contribution in [3.8, 4) is 17.0 Å². The number of halogens is 1. The minimum atomic E-state index is -1.04. The number of rotatable bonds is 6. The van der Waals surface area contributed by atoms with Crippen LogP contribution >= 0.6 is 22.9 Å². The van der Waals surface area contributed by atoms with E-state index in [-0.39, 0.29) is 10.7 Å². The van der Waals surface area contributed by atoms with E-state index in [9.17, 15) is 9.59 Å². The number of nitrogens with zero attached hydrogens (tertiary/aromatic N) is 2. The first kappa shape index (κ1) is 19.8. The Balaban J connectivity index is 1.66. The first-order valence-electron chi connectivity index (χ1n) is 8.21. The van der Waals surface area contributed by atoms with Crippen LogP contribution in [0.5, 0.6) is 5.75 Å². The molecule has 1 aromatic carbocycles. The molecule has 0 aliphatic carbocycles. The van der Waals surface area contributed by atoms with Crippen molar-refractivity contribution in [3.63, 3.8) is 0 Å². The number of thiazole rings is 1. The van der Waals surface area contributed by atoms with Gasteiger partial charge < -0.3 is 9.47 Å². The molecule has 7 nitrogen and oxygen atoms in total. The number of pyridine rings is 1. The molecule has 0 saturated heterocycles. The first-order valence-corrected chi connectivity index (χ1v) is 9.46. The van der Waals surface area contributed by atoms with Gasteiger partial charge in [0.25, 0.3) is 5.91 Å². The molecule has 144 valence electrons. The molecule has 1 unspecified atom stereocenters. The number of anilines is 1. The summed E-state index contributed by atoms with van der Waals surface area (Å²) in [5.74, 6) is -0.551. The summed E-state index contributed by atoms with van der Waals surface area (Å²) in [6.07, 6.45) is 0.416. The third-order valence-electron chi connectivity index (χ3n) is 3.75. The van der Waals surface area contributed by atoms with E-state index in [0.29, 0.717) is 16.6 Å². The predicted octanol–water partition coefficient (Wildman–Crippen LogP) is 4.05. The SMILES string of the molecule is COc1ccccc1-c1csc(NC(=O)C(C)OC(=O)c2cccnc2Cl)n1. The molecule has 0 bridgehead atoms. The van der Waals surface area contributed by atoms with Gasteiger partial charge in [-0.25, -0.2) is 14.8 Å². The number of amides is 1. The van der Waals surface area contributed by atoms with E-state index in [2.05, 4.69) is 15.3 Å². The van der Waals surface area contributed by atoms with E-state index >= 15 is 0 Å². The zero-order chi connectivity index (χ0) is 20.1. The molecule has 0 aliphatic rings. The first-order chi connectivity index (χ1) is 13.5. The molecule has 0 aliphatic heterocycles. The molecule has 2 aromatic heterocycles. The highest BCUT2D eigenvalue weighted by Crippen LogP contribution is 2.31. The summed E-state index contributed by atoms with van der Waals surface area (Å²) in [6.45, 7) is 1.46. The number of carbonyl (C=O) groups excluding carboxylic acids is 2. The second kappa shape index (κ2) is 8.81. The molecule has 0 spiro atoms. The lowest BCUT2D eigenvalue weighted by Crippen LogP contribution is -2.30. The smallest absolute Gasteiger partial charge is 0.342 e. The number of hydrogen-bond donors (Lipinski definition) is 1. The van der Waals surface area contributed by atoms with Crippen LogP contribution in [0.3, 0.4) is 0 Å². The van der Waals surface area contributed by atoms with Crippen molar-refractivity contribution in [2.75, 3.05) is 12.4 Å². The maximum Gasteiger partial charge on any atom is 0.342 e. The van der Waals surface area contributed by atoms with Gasteiger partial charge in [0.15, 0.2) is 11.2 Å². The van der Waals surface area contributed by atoms with Crippen molar-refractivity contribution >= 4 is 39.9 Å². The second-order valence-electron chi connectivity index (χ2n) is 5.62. The highest BCUT2D eigenvalue weighted by Gasteiger charge is 2.22. The molecule has 1 N–H and O–H groups in total. The number of aromatic nitrogens is 2. The van der Waals surface area contributed by atoms with Crippen LogP contribution in [0.2, 0.25) is 5.15 Å². The van der Waals surface area contributed by atoms with Crippen molar-refractivity contribution in [1.82, 2.24) is 9.97 Å². The standard InChI is InChI=1S/C19H16ClN3O4S/c1-11(27-18(25)13-7-5-9-21-16(13)20)17(24)23-19-22-14(10-28-19)12-6-3-4-8-15(12)26-2/h3-11H,1-2H3,(H,22,23,24). The van der Waals surface area contributed by atoms with E-state index in [1.165, 1.54) is 30.5 Å². The Labute approximate surface area is 170 Å². The van der Waals surface area contributed by atoms with Gasteiger partial charge in [-0.15, -0.1) is 11.3 Å². The molecule has 2 heterocycles. The largest absolute Gasteiger partial charge is 0.496 e. The van der Waals surface area contributed by atoms with Gasteiger partial charge in [0, 0.05) is 17.1 Å². The van der Waals surface area contributed by atoms with Gasteiger partial charge in [-0.3, -0.25) is 10.1 Å². The zero-order valence-corrected chi connectivity index (χ0v) is 16.6. The molecule has 0 fully saturated rings. The molecule has 3 aromatic rings. The monoisotopic (exact) mass is 417 g/mol. The van der Waals surface area contributed by atoms with Crippen LogP contribution in [0.1, 0.15) is 17.3 Å². The van der Waals surface area contributed by atoms with Crippen LogP contribution < -0.4 is 10.1 Å². The molecule has 3 rings (SSSR count). The zero-order valence-electron chi connectivity index (χ0n) is 15.0. The molecule has 1 atom stereocenters. The molecule has 1 amide bonds. The average Bonchev–Trinajstić information content (AvgIpc) is 3.16. The van der Waals surface area contributed by atoms with E-state index in [4.69, 9.17) is 21.1 Å². The van der Waals surface area contributed by atoms with E-state index < -0.39 is 18.0 Å². The van der Waals surface area contributed by atoms with Gasteiger partial charge in [0.2, 0.25) is 0 Å². The minimum absolute atomic E-state index is 0.0153. The summed E-state index contributed by atoms with van der Waals surface area (Å²) in [7, 11) is 1.58. The number of methoxy groups -OCH3 is 1. The summed E-state index contributed by atoms with van der Waals surface area (Å²) in [4.78, 5) is 32.7. The van der Waals surface area contributed by atoms with Crippen LogP contribution in [0.4, 0.5) is 5.13 Å². The fraction of sp³-hybridized carbons (Fsp3) is 0.158. The normalized spacial score (nSPS) is 11.5. The number of esters is 1. The Hall–Kier alpha value is -2.97. The third-order valence-corrected chi connectivity index (χ3v) is 4.81. The summed E-state index contributed by atoms with van der Waals surface area (Å²) >= 11 is 7.12. The van der Waals surface area contributed by atoms with Crippen molar-refractivity contribution in [1.29, 1.82) is 0 Å². The fourth-order valence-electron chi connectivity index (χ4n) is 2.33. The number of ether oxygens (including phenoxy) is 2. The van der Waals surface area contributed by atoms with E-state index in [0.717, 1.165) is 5.56 Å². The topological polar surface area (TPSA) is 90.4 Å². The van der Waals surface area contributed by atoms with E-state index in [1.807, 2.05) is 24.3 Å². The lowest BCUT2D eigenvalue weighted by Gasteiger charge is -2.12. The second-order valence-corrected chi connectivity index (χ2v) is 6.83. The van der Waals surface area contributed by atoms with Gasteiger partial charge in [0.05, 0.1) is 18.4 Å². The van der Waals surface area contributed by atoms with Crippen LogP contribution in [-0.2, 0) is 9.53 Å². The Morgan fingerprint density at radius 2 is 2.00 bits per heavy atom. The minimum Gasteiger partial charge on any atom is -0.496 e. The van der Waals surface area contributed by atoms with Gasteiger partial charge in [0.1, 0.15) is 10.9 Å². The highest BCUT2D eigenvalue weighted by molar-refractivity contribution is 7.14. The van der Waals surface area contributed by atoms with Gasteiger partial charge in [-0.2, -0.15) is 0 Å². The highest BCUT2D eigenvalue weighted by atomic mass is 35.5. The van der Waals surface area contributed by atoms with Crippen LogP contribution in [0.25, 0.3) is 11.3 Å². The quantitative estimate of drug-likeness (QED) is 0.480.